The van der Waals surface area contributed by atoms with Gasteiger partial charge in [-0.15, -0.1) is 0 Å². The second kappa shape index (κ2) is 6.57. The number of aromatic nitrogens is 2. The molecule has 0 unspecified atom stereocenters. The highest BCUT2D eigenvalue weighted by atomic mass is 15.1. The molecule has 0 saturated carbocycles. The molecule has 2 aromatic carbocycles. The van der Waals surface area contributed by atoms with Gasteiger partial charge >= 0.3 is 0 Å². The lowest BCUT2D eigenvalue weighted by Gasteiger charge is -2.09. The molecule has 0 atom stereocenters. The lowest BCUT2D eigenvalue weighted by Crippen LogP contribution is -2.05. The second-order valence-electron chi connectivity index (χ2n) is 5.55. The second-order valence-corrected chi connectivity index (χ2v) is 5.55. The fraction of sp³-hybridized carbons (Fsp3) is 0.316. The number of unbranched alkanes of at least 4 members (excludes halogenated alkanes) is 2. The van der Waals surface area contributed by atoms with E-state index in [1.54, 1.807) is 0 Å². The zero-order valence-electron chi connectivity index (χ0n) is 12.6. The third-order valence-electron chi connectivity index (χ3n) is 3.92. The minimum atomic E-state index is 0.906. The molecule has 0 saturated heterocycles. The Morgan fingerprint density at radius 2 is 1.67 bits per heavy atom. The highest BCUT2D eigenvalue weighted by molar-refractivity contribution is 5.76. The van der Waals surface area contributed by atoms with Crippen LogP contribution in [-0.4, -0.2) is 9.55 Å². The molecule has 2 heteroatoms. The van der Waals surface area contributed by atoms with Gasteiger partial charge in [0.2, 0.25) is 0 Å². The number of imidazole rings is 1. The molecule has 1 aromatic heterocycles. The van der Waals surface area contributed by atoms with Crippen molar-refractivity contribution >= 4 is 11.0 Å². The molecule has 0 amide bonds. The molecule has 0 fully saturated rings. The molecule has 21 heavy (non-hydrogen) atoms. The highest BCUT2D eigenvalue weighted by Crippen LogP contribution is 2.19. The first kappa shape index (κ1) is 13.9. The molecule has 0 aliphatic carbocycles. The van der Waals surface area contributed by atoms with Crippen molar-refractivity contribution in [2.24, 2.45) is 0 Å². The van der Waals surface area contributed by atoms with Gasteiger partial charge < -0.3 is 4.57 Å². The van der Waals surface area contributed by atoms with Crippen molar-refractivity contribution in [3.05, 3.63) is 66.0 Å². The van der Waals surface area contributed by atoms with Gasteiger partial charge in [-0.1, -0.05) is 62.2 Å². The third-order valence-corrected chi connectivity index (χ3v) is 3.92. The van der Waals surface area contributed by atoms with E-state index in [0.29, 0.717) is 0 Å². The molecule has 0 aliphatic heterocycles. The molecule has 108 valence electrons. The van der Waals surface area contributed by atoms with E-state index in [-0.39, 0.29) is 0 Å². The summed E-state index contributed by atoms with van der Waals surface area (Å²) in [5.41, 5.74) is 3.69. The fourth-order valence-corrected chi connectivity index (χ4v) is 2.79. The minimum absolute atomic E-state index is 0.906. The van der Waals surface area contributed by atoms with Crippen molar-refractivity contribution in [1.82, 2.24) is 9.55 Å². The zero-order chi connectivity index (χ0) is 14.5. The summed E-state index contributed by atoms with van der Waals surface area (Å²) in [5, 5.41) is 0. The molecule has 0 aliphatic rings. The van der Waals surface area contributed by atoms with E-state index in [2.05, 4.69) is 66.1 Å². The Morgan fingerprint density at radius 1 is 0.905 bits per heavy atom. The smallest absolute Gasteiger partial charge is 0.110 e. The summed E-state index contributed by atoms with van der Waals surface area (Å²) in [7, 11) is 0. The van der Waals surface area contributed by atoms with E-state index >= 15 is 0 Å². The number of hydrogen-bond acceptors (Lipinski definition) is 1. The quantitative estimate of drug-likeness (QED) is 0.591. The Balaban J connectivity index is 1.95. The van der Waals surface area contributed by atoms with Gasteiger partial charge in [-0.25, -0.2) is 4.98 Å². The maximum atomic E-state index is 4.84. The Morgan fingerprint density at radius 3 is 2.48 bits per heavy atom. The highest BCUT2D eigenvalue weighted by Gasteiger charge is 2.10. The number of benzene rings is 2. The van der Waals surface area contributed by atoms with Crippen LogP contribution < -0.4 is 0 Å². The van der Waals surface area contributed by atoms with Gasteiger partial charge in [-0.2, -0.15) is 0 Å². The Hall–Kier alpha value is -2.09. The molecule has 2 nitrogen and oxygen atoms in total. The fourth-order valence-electron chi connectivity index (χ4n) is 2.79. The predicted octanol–water partition coefficient (Wildman–Crippen LogP) is 4.82. The molecular formula is C19H22N2. The summed E-state index contributed by atoms with van der Waals surface area (Å²) in [5.74, 6) is 1.22. The van der Waals surface area contributed by atoms with E-state index < -0.39 is 0 Å². The summed E-state index contributed by atoms with van der Waals surface area (Å²) >= 11 is 0. The standard InChI is InChI=1S/C19H22N2/c1-2-3-5-14-19-20-17-12-8-9-13-18(17)21(19)15-16-10-6-4-7-11-16/h4,6-13H,2-3,5,14-15H2,1H3. The molecule has 3 aromatic rings. The minimum Gasteiger partial charge on any atom is -0.323 e. The summed E-state index contributed by atoms with van der Waals surface area (Å²) < 4.78 is 2.38. The molecule has 0 spiro atoms. The normalized spacial score (nSPS) is 11.1. The lowest BCUT2D eigenvalue weighted by atomic mass is 10.2. The summed E-state index contributed by atoms with van der Waals surface area (Å²) in [6.07, 6.45) is 4.80. The largest absolute Gasteiger partial charge is 0.323 e. The summed E-state index contributed by atoms with van der Waals surface area (Å²) in [6, 6.07) is 19.1. The number of fused-ring (bicyclic) bond motifs is 1. The SMILES string of the molecule is CCCCCc1nc2ccccc2n1Cc1ccccc1. The number of para-hydroxylation sites is 2. The van der Waals surface area contributed by atoms with Crippen LogP contribution in [-0.2, 0) is 13.0 Å². The predicted molar refractivity (Wildman–Crippen MR) is 88.5 cm³/mol. The van der Waals surface area contributed by atoms with E-state index in [9.17, 15) is 0 Å². The number of hydrogen-bond donors (Lipinski definition) is 0. The Labute approximate surface area is 126 Å². The zero-order valence-corrected chi connectivity index (χ0v) is 12.6. The van der Waals surface area contributed by atoms with Crippen LogP contribution in [0.25, 0.3) is 11.0 Å². The van der Waals surface area contributed by atoms with Gasteiger partial charge in [0.15, 0.2) is 0 Å². The number of rotatable bonds is 6. The maximum absolute atomic E-state index is 4.84. The molecular weight excluding hydrogens is 256 g/mol. The average molecular weight is 278 g/mol. The molecule has 1 heterocycles. The van der Waals surface area contributed by atoms with E-state index in [0.717, 1.165) is 18.5 Å². The third kappa shape index (κ3) is 3.15. The van der Waals surface area contributed by atoms with E-state index in [4.69, 9.17) is 4.98 Å². The first-order valence-electron chi connectivity index (χ1n) is 7.86. The molecule has 0 N–H and O–H groups in total. The van der Waals surface area contributed by atoms with Crippen LogP contribution in [0, 0.1) is 0 Å². The van der Waals surface area contributed by atoms with Crippen molar-refractivity contribution in [1.29, 1.82) is 0 Å². The molecule has 0 radical (unpaired) electrons. The average Bonchev–Trinajstić information content (AvgIpc) is 2.87. The molecule has 0 bridgehead atoms. The van der Waals surface area contributed by atoms with Crippen LogP contribution in [0.2, 0.25) is 0 Å². The Kier molecular flexibility index (Phi) is 4.34. The first-order valence-corrected chi connectivity index (χ1v) is 7.86. The van der Waals surface area contributed by atoms with Crippen molar-refractivity contribution in [3.63, 3.8) is 0 Å². The van der Waals surface area contributed by atoms with Crippen molar-refractivity contribution in [2.45, 2.75) is 39.2 Å². The van der Waals surface area contributed by atoms with Gasteiger partial charge in [0.1, 0.15) is 5.82 Å². The summed E-state index contributed by atoms with van der Waals surface area (Å²) in [4.78, 5) is 4.84. The van der Waals surface area contributed by atoms with Crippen LogP contribution in [0.3, 0.4) is 0 Å². The van der Waals surface area contributed by atoms with Gasteiger partial charge in [0, 0.05) is 13.0 Å². The van der Waals surface area contributed by atoms with Crippen LogP contribution in [0.15, 0.2) is 54.6 Å². The van der Waals surface area contributed by atoms with Crippen molar-refractivity contribution in [2.75, 3.05) is 0 Å². The van der Waals surface area contributed by atoms with Gasteiger partial charge in [0.25, 0.3) is 0 Å². The van der Waals surface area contributed by atoms with Crippen LogP contribution in [0.4, 0.5) is 0 Å². The van der Waals surface area contributed by atoms with Gasteiger partial charge in [0.05, 0.1) is 11.0 Å². The van der Waals surface area contributed by atoms with Crippen LogP contribution >= 0.6 is 0 Å². The van der Waals surface area contributed by atoms with Gasteiger partial charge in [-0.05, 0) is 24.1 Å². The van der Waals surface area contributed by atoms with Crippen LogP contribution in [0.5, 0.6) is 0 Å². The first-order chi connectivity index (χ1) is 10.4. The Bertz CT molecular complexity index is 698. The maximum Gasteiger partial charge on any atom is 0.110 e. The van der Waals surface area contributed by atoms with Gasteiger partial charge in [-0.3, -0.25) is 0 Å². The lowest BCUT2D eigenvalue weighted by molar-refractivity contribution is 0.659. The summed E-state index contributed by atoms with van der Waals surface area (Å²) in [6.45, 7) is 3.15. The number of nitrogens with zero attached hydrogens (tertiary/aromatic N) is 2. The monoisotopic (exact) mass is 278 g/mol. The van der Waals surface area contributed by atoms with Crippen molar-refractivity contribution in [3.8, 4) is 0 Å². The number of aryl methyl sites for hydroxylation is 1. The van der Waals surface area contributed by atoms with Crippen LogP contribution in [0.1, 0.15) is 37.6 Å². The molecule has 3 rings (SSSR count). The van der Waals surface area contributed by atoms with E-state index in [1.165, 1.54) is 36.2 Å². The topological polar surface area (TPSA) is 17.8 Å². The van der Waals surface area contributed by atoms with Crippen molar-refractivity contribution < 1.29 is 0 Å². The van der Waals surface area contributed by atoms with E-state index in [1.807, 2.05) is 0 Å².